The summed E-state index contributed by atoms with van der Waals surface area (Å²) in [6, 6.07) is 0. The Labute approximate surface area is 80.8 Å². The van der Waals surface area contributed by atoms with Crippen LogP contribution in [-0.4, -0.2) is 29.7 Å². The van der Waals surface area contributed by atoms with E-state index >= 15 is 0 Å². The molecule has 0 bridgehead atoms. The second-order valence-corrected chi connectivity index (χ2v) is 1.41. The minimum atomic E-state index is 0. The Morgan fingerprint density at radius 2 is 1.67 bits per heavy atom. The van der Waals surface area contributed by atoms with E-state index in [1.807, 2.05) is 0 Å². The van der Waals surface area contributed by atoms with E-state index < -0.39 is 0 Å². The van der Waals surface area contributed by atoms with E-state index in [2.05, 4.69) is 6.92 Å². The fraction of sp³-hybridized carbons (Fsp3) is 0.833. The van der Waals surface area contributed by atoms with Gasteiger partial charge in [-0.05, 0) is 0 Å². The van der Waals surface area contributed by atoms with Gasteiger partial charge in [0.2, 0.25) is 0 Å². The first-order chi connectivity index (χ1) is 2.91. The van der Waals surface area contributed by atoms with Crippen molar-refractivity contribution in [3.63, 3.8) is 0 Å². The maximum Gasteiger partial charge on any atom is 2.00 e. The van der Waals surface area contributed by atoms with Crippen molar-refractivity contribution in [2.24, 2.45) is 0 Å². The van der Waals surface area contributed by atoms with Crippen molar-refractivity contribution >= 4 is 23.1 Å². The molecule has 0 unspecified atom stereocenters. The summed E-state index contributed by atoms with van der Waals surface area (Å²) in [6.45, 7) is 2.20. The first-order valence-corrected chi connectivity index (χ1v) is 2.50. The number of halogens is 1. The smallest absolute Gasteiger partial charge is 1.00 e. The van der Waals surface area contributed by atoms with Crippen LogP contribution in [0.4, 0.5) is 0 Å². The maximum atomic E-state index is 9.69. The van der Waals surface area contributed by atoms with E-state index in [-0.39, 0.29) is 49.5 Å². The van der Waals surface area contributed by atoms with Gasteiger partial charge in [0.15, 0.2) is 0 Å². The van der Waals surface area contributed by atoms with Gasteiger partial charge in [0, 0.05) is 0 Å². The van der Waals surface area contributed by atoms with Crippen LogP contribution in [0.2, 0.25) is 0 Å². The van der Waals surface area contributed by atoms with E-state index in [0.29, 0.717) is 0 Å². The third-order valence-corrected chi connectivity index (χ3v) is 0.748. The molecule has 0 aliphatic carbocycles. The van der Waals surface area contributed by atoms with Crippen LogP contribution in [0, 0.1) is 7.43 Å². The number of hydrogen-bond acceptors (Lipinski definition) is 1. The molecule has 0 radical (unpaired) electrons. The molecule has 0 heterocycles. The Bertz CT molecular complexity index is 25.0. The van der Waals surface area contributed by atoms with E-state index in [0.717, 1.165) is 19.3 Å². The van der Waals surface area contributed by atoms with Crippen LogP contribution in [0.3, 0.4) is 0 Å². The van der Waals surface area contributed by atoms with Crippen molar-refractivity contribution in [1.82, 2.24) is 0 Å². The molecule has 0 aliphatic heterocycles. The van der Waals surface area contributed by atoms with Crippen LogP contribution in [0.5, 0.6) is 0 Å². The van der Waals surface area contributed by atoms with Crippen molar-refractivity contribution in [2.45, 2.75) is 26.2 Å². The van der Waals surface area contributed by atoms with E-state index in [4.69, 9.17) is 0 Å². The molecule has 1 nitrogen and oxygen atoms in total. The Balaban J connectivity index is -0.0000000417. The minimum Gasteiger partial charge on any atom is -1.00 e. The molecule has 9 heavy (non-hydrogen) atoms. The fourth-order valence-electron chi connectivity index (χ4n) is 0.352. The molecule has 0 aromatic rings. The van der Waals surface area contributed by atoms with Crippen LogP contribution in [0.25, 0.3) is 0 Å². The van der Waals surface area contributed by atoms with Crippen LogP contribution in [0.15, 0.2) is 0 Å². The Morgan fingerprint density at radius 1 is 1.22 bits per heavy atom. The van der Waals surface area contributed by atoms with Gasteiger partial charge in [-0.3, -0.25) is 0 Å². The Morgan fingerprint density at radius 3 is 1.78 bits per heavy atom. The third kappa shape index (κ3) is 27.5. The Kier molecular flexibility index (Phi) is 57.6. The molecule has 0 rings (SSSR count). The Hall–Kier alpha value is 1.02. The monoisotopic (exact) mass is 161 g/mol. The normalized spacial score (nSPS) is 6.00. The van der Waals surface area contributed by atoms with Gasteiger partial charge in [-0.25, -0.2) is 0 Å². The molecule has 0 aromatic carbocycles. The molecule has 0 fully saturated rings. The van der Waals surface area contributed by atoms with E-state index in [1.54, 1.807) is 0 Å². The summed E-state index contributed by atoms with van der Waals surface area (Å²) in [5.41, 5.74) is 0. The van der Waals surface area contributed by atoms with Gasteiger partial charge in [-0.2, -0.15) is 0 Å². The number of rotatable bonds is 3. The van der Waals surface area contributed by atoms with Crippen LogP contribution in [0.1, 0.15) is 26.2 Å². The molecular formula is C6H14ClMgO-. The van der Waals surface area contributed by atoms with Crippen molar-refractivity contribution in [3.05, 3.63) is 7.43 Å². The van der Waals surface area contributed by atoms with Gasteiger partial charge in [-0.1, -0.05) is 26.2 Å². The van der Waals surface area contributed by atoms with Crippen molar-refractivity contribution in [3.8, 4) is 0 Å². The zero-order valence-electron chi connectivity index (χ0n) is 6.32. The maximum absolute atomic E-state index is 9.69. The second-order valence-electron chi connectivity index (χ2n) is 1.41. The van der Waals surface area contributed by atoms with Gasteiger partial charge in [-0.15, -0.1) is 6.61 Å². The van der Waals surface area contributed by atoms with Crippen LogP contribution in [-0.2, 0) is 0 Å². The SMILES string of the molecule is CCCCC[O-].[CH3-].[Cl-].[Mg+2]. The van der Waals surface area contributed by atoms with E-state index in [1.165, 1.54) is 0 Å². The summed E-state index contributed by atoms with van der Waals surface area (Å²) in [6.07, 6.45) is 3.11. The average molecular weight is 162 g/mol. The predicted molar refractivity (Wildman–Crippen MR) is 36.6 cm³/mol. The van der Waals surface area contributed by atoms with Crippen LogP contribution < -0.4 is 17.5 Å². The molecule has 0 amide bonds. The molecule has 0 aliphatic rings. The van der Waals surface area contributed by atoms with Gasteiger partial charge in [0.1, 0.15) is 0 Å². The van der Waals surface area contributed by atoms with Crippen molar-refractivity contribution in [2.75, 3.05) is 6.61 Å². The summed E-state index contributed by atoms with van der Waals surface area (Å²) in [7, 11) is 0. The fourth-order valence-corrected chi connectivity index (χ4v) is 0.352. The van der Waals surface area contributed by atoms with Gasteiger partial charge < -0.3 is 24.9 Å². The summed E-state index contributed by atoms with van der Waals surface area (Å²) in [4.78, 5) is 0. The van der Waals surface area contributed by atoms with Crippen LogP contribution >= 0.6 is 0 Å². The van der Waals surface area contributed by atoms with Gasteiger partial charge >= 0.3 is 23.1 Å². The van der Waals surface area contributed by atoms with Gasteiger partial charge in [0.05, 0.1) is 0 Å². The summed E-state index contributed by atoms with van der Waals surface area (Å²) in [5.74, 6) is 0. The zero-order valence-corrected chi connectivity index (χ0v) is 8.49. The van der Waals surface area contributed by atoms with Crippen molar-refractivity contribution < 1.29 is 17.5 Å². The number of unbranched alkanes of at least 4 members (excludes halogenated alkanes) is 2. The van der Waals surface area contributed by atoms with Gasteiger partial charge in [0.25, 0.3) is 0 Å². The molecule has 0 spiro atoms. The molecular weight excluding hydrogens is 148 g/mol. The quantitative estimate of drug-likeness (QED) is 0.258. The summed E-state index contributed by atoms with van der Waals surface area (Å²) < 4.78 is 0. The topological polar surface area (TPSA) is 23.1 Å². The predicted octanol–water partition coefficient (Wildman–Crippen LogP) is -2.39. The molecule has 0 aromatic heterocycles. The zero-order chi connectivity index (χ0) is 4.83. The molecule has 0 saturated heterocycles. The summed E-state index contributed by atoms with van der Waals surface area (Å²) in [5, 5.41) is 9.69. The molecule has 0 saturated carbocycles. The minimum absolute atomic E-state index is 0. The first kappa shape index (κ1) is 22.5. The second kappa shape index (κ2) is 23.0. The average Bonchev–Trinajstić information content (AvgIpc) is 1.61. The molecule has 0 N–H and O–H groups in total. The largest absolute Gasteiger partial charge is 2.00 e. The molecule has 0 atom stereocenters. The third-order valence-electron chi connectivity index (χ3n) is 0.748. The first-order valence-electron chi connectivity index (χ1n) is 2.50. The number of hydrogen-bond donors (Lipinski definition) is 0. The molecule has 54 valence electrons. The van der Waals surface area contributed by atoms with Crippen molar-refractivity contribution in [1.29, 1.82) is 0 Å². The standard InChI is InChI=1S/C5H11O.CH3.ClH.Mg/c1-2-3-4-5-6;;;/h2-5H2,1H3;1H3;1H;/q2*-1;;+2/p-1. The summed E-state index contributed by atoms with van der Waals surface area (Å²) >= 11 is 0. The van der Waals surface area contributed by atoms with E-state index in [9.17, 15) is 5.11 Å². The molecule has 3 heteroatoms.